The van der Waals surface area contributed by atoms with Gasteiger partial charge in [-0.3, -0.25) is 14.5 Å². The zero-order chi connectivity index (χ0) is 39.6. The van der Waals surface area contributed by atoms with Gasteiger partial charge >= 0.3 is 5.97 Å². The summed E-state index contributed by atoms with van der Waals surface area (Å²) < 4.78 is 11.5. The summed E-state index contributed by atoms with van der Waals surface area (Å²) in [5, 5.41) is 26.2. The van der Waals surface area contributed by atoms with Gasteiger partial charge in [-0.1, -0.05) is 44.2 Å². The molecule has 8 rings (SSSR count). The molecular weight excluding hydrogens is 936 g/mol. The standard InChI is InChI=1S/C45H58N4O7.Ac/c1-6-31(51)16-13-28-23-30(38-33(17-21-48(26-28)27-50)32-11-8-9-12-35(32)46-38)15-14-29-24-34-36(25-37(29)55-4)47(3)40-44(34)19-22-49-20-10-18-43(7-2,39(44)49)41(52)45(40,54)42(53)56-5;/h8-12,18,24-25,27-28,30,39-41,46,52,54H,6-7,13-17,19-23,26H2,1-5H3;. The fraction of sp³-hybridized carbons (Fsp3) is 0.578. The number of rotatable bonds is 11. The Bertz CT molecular complexity index is 2050. The van der Waals surface area contributed by atoms with Crippen molar-refractivity contribution in [3.05, 3.63) is 70.9 Å². The van der Waals surface area contributed by atoms with Gasteiger partial charge in [0.05, 0.1) is 20.3 Å². The minimum Gasteiger partial charge on any atom is -0.496 e. The van der Waals surface area contributed by atoms with Gasteiger partial charge in [-0.2, -0.15) is 0 Å². The van der Waals surface area contributed by atoms with Crippen LogP contribution in [0.3, 0.4) is 0 Å². The molecule has 1 spiro atoms. The van der Waals surface area contributed by atoms with E-state index >= 15 is 0 Å². The topological polar surface area (TPSA) is 136 Å². The summed E-state index contributed by atoms with van der Waals surface area (Å²) in [6.07, 6.45) is 9.83. The van der Waals surface area contributed by atoms with Crippen LogP contribution in [0.5, 0.6) is 5.75 Å². The molecule has 2 fully saturated rings. The first-order valence-electron chi connectivity index (χ1n) is 20.7. The molecule has 1 radical (unpaired) electrons. The van der Waals surface area contributed by atoms with Crippen LogP contribution in [0.15, 0.2) is 48.6 Å². The second kappa shape index (κ2) is 16.4. The summed E-state index contributed by atoms with van der Waals surface area (Å²) in [4.78, 5) is 48.9. The van der Waals surface area contributed by atoms with Gasteiger partial charge < -0.3 is 34.5 Å². The van der Waals surface area contributed by atoms with Crippen LogP contribution in [0, 0.1) is 55.4 Å². The first-order chi connectivity index (χ1) is 27.0. The van der Waals surface area contributed by atoms with Crippen LogP contribution in [0.2, 0.25) is 0 Å². The number of ketones is 1. The van der Waals surface area contributed by atoms with Gasteiger partial charge in [-0.15, -0.1) is 0 Å². The number of H-pyrrole nitrogens is 1. The van der Waals surface area contributed by atoms with E-state index in [2.05, 4.69) is 52.4 Å². The Morgan fingerprint density at radius 3 is 2.60 bits per heavy atom. The van der Waals surface area contributed by atoms with Crippen molar-refractivity contribution in [1.82, 2.24) is 14.8 Å². The summed E-state index contributed by atoms with van der Waals surface area (Å²) in [6, 6.07) is 11.8. The summed E-state index contributed by atoms with van der Waals surface area (Å²) in [6.45, 7) is 6.71. The molecular formula is C45H58AcN4O7. The number of carbonyl (C=O) groups is 3. The van der Waals surface area contributed by atoms with E-state index in [1.807, 2.05) is 36.8 Å². The monoisotopic (exact) mass is 993 g/mol. The zero-order valence-electron chi connectivity index (χ0n) is 34.1. The SMILES string of the molecule is CCC(=O)CCC1CC(CCc2cc3c(cc2OC)N(C)C2C(O)(C(=O)OC)C(O)C4(CC)C=CCN5CCC32C54)c2[nH]c3ccccc3c2CCN(C=O)C1.[Ac]. The molecule has 5 aliphatic rings. The number of likely N-dealkylation sites (N-methyl/N-ethyl adjacent to an activating group) is 1. The van der Waals surface area contributed by atoms with Gasteiger partial charge in [0.1, 0.15) is 17.6 Å². The summed E-state index contributed by atoms with van der Waals surface area (Å²) >= 11 is 0. The third kappa shape index (κ3) is 6.45. The molecule has 3 aromatic rings. The Hall–Kier alpha value is -2.75. The number of aliphatic hydroxyl groups is 2. The van der Waals surface area contributed by atoms with E-state index in [4.69, 9.17) is 9.47 Å². The third-order valence-electron chi connectivity index (χ3n) is 14.7. The minimum atomic E-state index is -2.19. The van der Waals surface area contributed by atoms with E-state index in [1.165, 1.54) is 23.8 Å². The number of fused-ring (bicyclic) bond motifs is 4. The average molecular weight is 994 g/mol. The molecule has 1 saturated heterocycles. The average Bonchev–Trinajstić information content (AvgIpc) is 3.88. The fourth-order valence-corrected chi connectivity index (χ4v) is 12.2. The molecule has 2 aromatic carbocycles. The second-order valence-electron chi connectivity index (χ2n) is 17.2. The molecule has 303 valence electrons. The van der Waals surface area contributed by atoms with Gasteiger partial charge in [0.2, 0.25) is 12.0 Å². The maximum atomic E-state index is 13.9. The number of nitrogens with one attached hydrogen (secondary N) is 1. The Kier molecular flexibility index (Phi) is 12.2. The number of anilines is 1. The van der Waals surface area contributed by atoms with Crippen molar-refractivity contribution >= 4 is 34.8 Å². The number of aryl methyl sites for hydroxylation is 1. The number of nitrogens with zero attached hydrogens (tertiary/aromatic N) is 3. The van der Waals surface area contributed by atoms with Crippen LogP contribution in [-0.2, 0) is 37.4 Å². The van der Waals surface area contributed by atoms with Gasteiger partial charge in [0.25, 0.3) is 0 Å². The van der Waals surface area contributed by atoms with Crippen LogP contribution < -0.4 is 9.64 Å². The number of methoxy groups -OCH3 is 2. The van der Waals surface area contributed by atoms with E-state index in [1.54, 1.807) is 7.11 Å². The predicted octanol–water partition coefficient (Wildman–Crippen LogP) is 5.05. The molecule has 1 aromatic heterocycles. The van der Waals surface area contributed by atoms with E-state index in [0.29, 0.717) is 45.2 Å². The first-order valence-corrected chi connectivity index (χ1v) is 20.7. The van der Waals surface area contributed by atoms with Gasteiger partial charge in [-0.25, -0.2) is 4.79 Å². The van der Waals surface area contributed by atoms with Crippen LogP contribution in [0.4, 0.5) is 5.69 Å². The maximum Gasteiger partial charge on any atom is 0.342 e. The molecule has 1 saturated carbocycles. The number of hydrogen-bond donors (Lipinski definition) is 3. The largest absolute Gasteiger partial charge is 0.496 e. The Morgan fingerprint density at radius 2 is 1.88 bits per heavy atom. The molecule has 3 N–H and O–H groups in total. The molecule has 1 amide bonds. The molecule has 57 heavy (non-hydrogen) atoms. The third-order valence-corrected chi connectivity index (χ3v) is 14.7. The summed E-state index contributed by atoms with van der Waals surface area (Å²) in [5.41, 5.74) is 2.84. The number of hydrogen-bond acceptors (Lipinski definition) is 9. The van der Waals surface area contributed by atoms with Crippen LogP contribution in [0.1, 0.15) is 87.1 Å². The Balaban J connectivity index is 0.00000496. The zero-order valence-corrected chi connectivity index (χ0v) is 38.9. The molecule has 11 nitrogen and oxygen atoms in total. The minimum absolute atomic E-state index is 0. The van der Waals surface area contributed by atoms with Crippen molar-refractivity contribution in [2.45, 2.75) is 107 Å². The molecule has 1 aliphatic carbocycles. The van der Waals surface area contributed by atoms with Crippen molar-refractivity contribution in [2.75, 3.05) is 52.3 Å². The van der Waals surface area contributed by atoms with Crippen molar-refractivity contribution in [1.29, 1.82) is 0 Å². The van der Waals surface area contributed by atoms with E-state index in [-0.39, 0.29) is 67.7 Å². The van der Waals surface area contributed by atoms with Crippen molar-refractivity contribution < 1.29 is 78.1 Å². The second-order valence-corrected chi connectivity index (χ2v) is 17.2. The van der Waals surface area contributed by atoms with Crippen molar-refractivity contribution in [3.8, 4) is 5.75 Å². The number of esters is 1. The van der Waals surface area contributed by atoms with E-state index < -0.39 is 34.5 Å². The molecule has 12 heteroatoms. The first kappa shape index (κ1) is 42.4. The molecule has 8 atom stereocenters. The van der Waals surface area contributed by atoms with Gasteiger partial charge in [0, 0.05) is 129 Å². The Labute approximate surface area is 372 Å². The predicted molar refractivity (Wildman–Crippen MR) is 215 cm³/mol. The van der Waals surface area contributed by atoms with Gasteiger partial charge in [-0.05, 0) is 92.1 Å². The van der Waals surface area contributed by atoms with Crippen LogP contribution >= 0.6 is 0 Å². The number of amides is 1. The fourth-order valence-electron chi connectivity index (χ4n) is 12.2. The number of Topliss-reactive ketones (excluding diaryl/α,β-unsaturated/α-hetero) is 1. The van der Waals surface area contributed by atoms with Crippen LogP contribution in [0.25, 0.3) is 10.9 Å². The molecule has 4 aliphatic heterocycles. The smallest absolute Gasteiger partial charge is 0.342 e. The molecule has 0 bridgehead atoms. The normalized spacial score (nSPS) is 31.6. The number of aromatic amines is 1. The Morgan fingerprint density at radius 1 is 1.09 bits per heavy atom. The van der Waals surface area contributed by atoms with Crippen molar-refractivity contribution in [2.24, 2.45) is 11.3 Å². The number of para-hydroxylation sites is 1. The molecule has 8 unspecified atom stereocenters. The van der Waals surface area contributed by atoms with Gasteiger partial charge in [0.15, 0.2) is 0 Å². The van der Waals surface area contributed by atoms with E-state index in [9.17, 15) is 24.6 Å². The number of benzene rings is 2. The molecule has 5 heterocycles. The number of carbonyl (C=O) groups excluding carboxylic acids is 3. The number of aromatic nitrogens is 1. The quantitative estimate of drug-likeness (QED) is 0.137. The number of ether oxygens (including phenoxy) is 2. The summed E-state index contributed by atoms with van der Waals surface area (Å²) in [7, 11) is 4.89. The van der Waals surface area contributed by atoms with Crippen LogP contribution in [-0.4, -0.2) is 114 Å². The maximum absolute atomic E-state index is 13.9. The summed E-state index contributed by atoms with van der Waals surface area (Å²) in [5.74, 6) is 0.456. The van der Waals surface area contributed by atoms with E-state index in [0.717, 1.165) is 73.3 Å². The number of aliphatic hydroxyl groups excluding tert-OH is 1. The van der Waals surface area contributed by atoms with Crippen molar-refractivity contribution in [3.63, 3.8) is 0 Å².